The van der Waals surface area contributed by atoms with Crippen LogP contribution in [0.4, 0.5) is 5.69 Å². The predicted octanol–water partition coefficient (Wildman–Crippen LogP) is 4.64. The van der Waals surface area contributed by atoms with Gasteiger partial charge in [0, 0.05) is 24.1 Å². The number of nitrogens with zero attached hydrogens (tertiary/aromatic N) is 1. The molecular weight excluding hydrogens is 313 g/mol. The van der Waals surface area contributed by atoms with Gasteiger partial charge >= 0.3 is 0 Å². The standard InChI is InChI=1S/C15H11Cl2NO3/c1-9-4-11(8-12(5-9)18(20)21)15(19)7-10-2-3-13(16)14(17)6-10/h2-6,8H,7H2,1H3. The normalized spacial score (nSPS) is 10.4. The molecule has 0 unspecified atom stereocenters. The van der Waals surface area contributed by atoms with E-state index in [4.69, 9.17) is 23.2 Å². The lowest BCUT2D eigenvalue weighted by Crippen LogP contribution is -2.05. The number of hydrogen-bond donors (Lipinski definition) is 0. The van der Waals surface area contributed by atoms with Gasteiger partial charge in [-0.05, 0) is 36.2 Å². The number of hydrogen-bond acceptors (Lipinski definition) is 3. The molecule has 0 bridgehead atoms. The van der Waals surface area contributed by atoms with Crippen molar-refractivity contribution in [3.8, 4) is 0 Å². The van der Waals surface area contributed by atoms with Crippen molar-refractivity contribution in [3.05, 3.63) is 73.2 Å². The van der Waals surface area contributed by atoms with Crippen molar-refractivity contribution in [1.82, 2.24) is 0 Å². The van der Waals surface area contributed by atoms with Gasteiger partial charge in [-0.25, -0.2) is 0 Å². The minimum Gasteiger partial charge on any atom is -0.294 e. The molecule has 0 saturated carbocycles. The maximum atomic E-state index is 12.2. The molecule has 0 fully saturated rings. The van der Waals surface area contributed by atoms with Crippen LogP contribution in [0, 0.1) is 17.0 Å². The summed E-state index contributed by atoms with van der Waals surface area (Å²) in [5, 5.41) is 11.6. The second-order valence-corrected chi connectivity index (χ2v) is 5.48. The summed E-state index contributed by atoms with van der Waals surface area (Å²) in [6.45, 7) is 1.71. The molecule has 0 saturated heterocycles. The van der Waals surface area contributed by atoms with Gasteiger partial charge in [0.15, 0.2) is 5.78 Å². The number of benzene rings is 2. The summed E-state index contributed by atoms with van der Waals surface area (Å²) >= 11 is 11.7. The second kappa shape index (κ2) is 6.24. The molecule has 4 nitrogen and oxygen atoms in total. The lowest BCUT2D eigenvalue weighted by molar-refractivity contribution is -0.384. The van der Waals surface area contributed by atoms with Crippen LogP contribution in [-0.2, 0) is 6.42 Å². The molecule has 21 heavy (non-hydrogen) atoms. The first kappa shape index (κ1) is 15.5. The van der Waals surface area contributed by atoms with Crippen molar-refractivity contribution < 1.29 is 9.72 Å². The maximum absolute atomic E-state index is 12.2. The summed E-state index contributed by atoms with van der Waals surface area (Å²) in [6, 6.07) is 9.28. The van der Waals surface area contributed by atoms with E-state index < -0.39 is 4.92 Å². The van der Waals surface area contributed by atoms with E-state index in [2.05, 4.69) is 0 Å². The molecule has 0 radical (unpaired) electrons. The summed E-state index contributed by atoms with van der Waals surface area (Å²) in [7, 11) is 0. The van der Waals surface area contributed by atoms with Crippen LogP contribution in [0.3, 0.4) is 0 Å². The van der Waals surface area contributed by atoms with Crippen LogP contribution in [0.1, 0.15) is 21.5 Å². The molecule has 0 aliphatic rings. The third-order valence-electron chi connectivity index (χ3n) is 2.94. The Bertz CT molecular complexity index is 729. The molecule has 0 amide bonds. The molecular formula is C15H11Cl2NO3. The second-order valence-electron chi connectivity index (χ2n) is 4.66. The maximum Gasteiger partial charge on any atom is 0.270 e. The first-order valence-electron chi connectivity index (χ1n) is 6.10. The largest absolute Gasteiger partial charge is 0.294 e. The van der Waals surface area contributed by atoms with Crippen LogP contribution in [0.15, 0.2) is 36.4 Å². The van der Waals surface area contributed by atoms with Crippen molar-refractivity contribution in [2.45, 2.75) is 13.3 Å². The van der Waals surface area contributed by atoms with Crippen LogP contribution in [0.2, 0.25) is 10.0 Å². The number of rotatable bonds is 4. The van der Waals surface area contributed by atoms with Gasteiger partial charge in [0.05, 0.1) is 15.0 Å². The van der Waals surface area contributed by atoms with Gasteiger partial charge in [0.1, 0.15) is 0 Å². The fourth-order valence-corrected chi connectivity index (χ4v) is 2.29. The SMILES string of the molecule is Cc1cc(C(=O)Cc2ccc(Cl)c(Cl)c2)cc([N+](=O)[O-])c1. The molecule has 0 aromatic heterocycles. The summed E-state index contributed by atoms with van der Waals surface area (Å²) < 4.78 is 0. The van der Waals surface area contributed by atoms with Crippen LogP contribution >= 0.6 is 23.2 Å². The molecule has 0 heterocycles. The van der Waals surface area contributed by atoms with Crippen molar-refractivity contribution in [1.29, 1.82) is 0 Å². The van der Waals surface area contributed by atoms with E-state index in [1.54, 1.807) is 31.2 Å². The highest BCUT2D eigenvalue weighted by Gasteiger charge is 2.14. The van der Waals surface area contributed by atoms with Crippen LogP contribution < -0.4 is 0 Å². The van der Waals surface area contributed by atoms with E-state index in [-0.39, 0.29) is 17.9 Å². The Hall–Kier alpha value is -1.91. The van der Waals surface area contributed by atoms with Gasteiger partial charge in [0.25, 0.3) is 5.69 Å². The Morgan fingerprint density at radius 3 is 2.48 bits per heavy atom. The van der Waals surface area contributed by atoms with E-state index in [1.165, 1.54) is 12.1 Å². The van der Waals surface area contributed by atoms with Gasteiger partial charge < -0.3 is 0 Å². The highest BCUT2D eigenvalue weighted by atomic mass is 35.5. The average molecular weight is 324 g/mol. The molecule has 6 heteroatoms. The zero-order valence-electron chi connectivity index (χ0n) is 11.1. The van der Waals surface area contributed by atoms with Crippen LogP contribution in [0.25, 0.3) is 0 Å². The number of aryl methyl sites for hydroxylation is 1. The Kier molecular flexibility index (Phi) is 4.60. The first-order valence-corrected chi connectivity index (χ1v) is 6.85. The molecule has 0 N–H and O–H groups in total. The number of carbonyl (C=O) groups is 1. The van der Waals surface area contributed by atoms with Crippen molar-refractivity contribution in [2.75, 3.05) is 0 Å². The van der Waals surface area contributed by atoms with Gasteiger partial charge in [0.2, 0.25) is 0 Å². The number of non-ortho nitro benzene ring substituents is 1. The summed E-state index contributed by atoms with van der Waals surface area (Å²) in [6.07, 6.45) is 0.109. The number of nitro groups is 1. The summed E-state index contributed by atoms with van der Waals surface area (Å²) in [5.74, 6) is -0.208. The molecule has 2 aromatic rings. The molecule has 108 valence electrons. The summed E-state index contributed by atoms with van der Waals surface area (Å²) in [4.78, 5) is 22.6. The predicted molar refractivity (Wildman–Crippen MR) is 82.3 cm³/mol. The number of carbonyl (C=O) groups excluding carboxylic acids is 1. The van der Waals surface area contributed by atoms with Crippen LogP contribution in [0.5, 0.6) is 0 Å². The van der Waals surface area contributed by atoms with E-state index >= 15 is 0 Å². The Morgan fingerprint density at radius 1 is 1.14 bits per heavy atom. The molecule has 0 atom stereocenters. The Morgan fingerprint density at radius 2 is 1.86 bits per heavy atom. The number of ketones is 1. The molecule has 2 aromatic carbocycles. The monoisotopic (exact) mass is 323 g/mol. The smallest absolute Gasteiger partial charge is 0.270 e. The molecule has 0 aliphatic carbocycles. The van der Waals surface area contributed by atoms with Crippen molar-refractivity contribution >= 4 is 34.7 Å². The highest BCUT2D eigenvalue weighted by Crippen LogP contribution is 2.24. The zero-order chi connectivity index (χ0) is 15.6. The van der Waals surface area contributed by atoms with E-state index in [0.29, 0.717) is 26.7 Å². The van der Waals surface area contributed by atoms with Crippen LogP contribution in [-0.4, -0.2) is 10.7 Å². The minimum atomic E-state index is -0.511. The van der Waals surface area contributed by atoms with E-state index in [9.17, 15) is 14.9 Å². The van der Waals surface area contributed by atoms with Crippen molar-refractivity contribution in [3.63, 3.8) is 0 Å². The first-order chi connectivity index (χ1) is 9.86. The van der Waals surface area contributed by atoms with E-state index in [1.807, 2.05) is 0 Å². The molecule has 2 rings (SSSR count). The molecule has 0 aliphatic heterocycles. The quantitative estimate of drug-likeness (QED) is 0.468. The lowest BCUT2D eigenvalue weighted by atomic mass is 10.0. The third kappa shape index (κ3) is 3.80. The average Bonchev–Trinajstić information content (AvgIpc) is 2.42. The summed E-state index contributed by atoms with van der Waals surface area (Å²) in [5.41, 5.74) is 1.60. The number of Topliss-reactive ketones (excluding diaryl/α,β-unsaturated/α-hetero) is 1. The van der Waals surface area contributed by atoms with Gasteiger partial charge in [-0.15, -0.1) is 0 Å². The van der Waals surface area contributed by atoms with Gasteiger partial charge in [-0.2, -0.15) is 0 Å². The number of halogens is 2. The Balaban J connectivity index is 2.27. The van der Waals surface area contributed by atoms with Gasteiger partial charge in [-0.3, -0.25) is 14.9 Å². The van der Waals surface area contributed by atoms with Crippen molar-refractivity contribution in [2.24, 2.45) is 0 Å². The number of nitro benzene ring substituents is 1. The zero-order valence-corrected chi connectivity index (χ0v) is 12.6. The topological polar surface area (TPSA) is 60.2 Å². The Labute approximate surface area is 131 Å². The highest BCUT2D eigenvalue weighted by molar-refractivity contribution is 6.42. The fourth-order valence-electron chi connectivity index (χ4n) is 1.97. The fraction of sp³-hybridized carbons (Fsp3) is 0.133. The lowest BCUT2D eigenvalue weighted by Gasteiger charge is -2.05. The van der Waals surface area contributed by atoms with Gasteiger partial charge in [-0.1, -0.05) is 29.3 Å². The minimum absolute atomic E-state index is 0.0903. The third-order valence-corrected chi connectivity index (χ3v) is 3.68. The van der Waals surface area contributed by atoms with E-state index in [0.717, 1.165) is 0 Å². The molecule has 0 spiro atoms.